The number of rotatable bonds is 6. The zero-order valence-corrected chi connectivity index (χ0v) is 19.7. The molecule has 4 aromatic heterocycles. The van der Waals surface area contributed by atoms with Gasteiger partial charge in [0.1, 0.15) is 17.2 Å². The molecule has 4 heterocycles. The summed E-state index contributed by atoms with van der Waals surface area (Å²) in [4.78, 5) is 31.6. The lowest BCUT2D eigenvalue weighted by Crippen LogP contribution is -2.45. The minimum atomic E-state index is -0.840. The summed E-state index contributed by atoms with van der Waals surface area (Å²) in [7, 11) is 0. The van der Waals surface area contributed by atoms with Crippen LogP contribution in [0.2, 0.25) is 0 Å². The van der Waals surface area contributed by atoms with Crippen molar-refractivity contribution in [3.05, 3.63) is 59.6 Å². The number of aromatic amines is 1. The van der Waals surface area contributed by atoms with Crippen LogP contribution in [0.1, 0.15) is 31.4 Å². The summed E-state index contributed by atoms with van der Waals surface area (Å²) in [6.07, 6.45) is 9.47. The summed E-state index contributed by atoms with van der Waals surface area (Å²) in [5.41, 5.74) is 1.39. The molecule has 2 N–H and O–H groups in total. The van der Waals surface area contributed by atoms with Gasteiger partial charge in [0.25, 0.3) is 0 Å². The second kappa shape index (κ2) is 9.03. The van der Waals surface area contributed by atoms with Gasteiger partial charge in [-0.25, -0.2) is 35.0 Å². The van der Waals surface area contributed by atoms with Crippen LogP contribution in [0.3, 0.4) is 0 Å². The molecule has 0 spiro atoms. The number of pyridine rings is 1. The van der Waals surface area contributed by atoms with Gasteiger partial charge in [-0.1, -0.05) is 0 Å². The van der Waals surface area contributed by atoms with E-state index in [-0.39, 0.29) is 48.1 Å². The van der Waals surface area contributed by atoms with Crippen LogP contribution < -0.4 is 0 Å². The van der Waals surface area contributed by atoms with Crippen molar-refractivity contribution in [1.29, 1.82) is 0 Å². The Morgan fingerprint density at radius 3 is 2.73 bits per heavy atom. The Kier molecular flexibility index (Phi) is 5.67. The zero-order chi connectivity index (χ0) is 25.7. The average Bonchev–Trinajstić information content (AvgIpc) is 3.53. The van der Waals surface area contributed by atoms with Crippen LogP contribution in [0.4, 0.5) is 8.78 Å². The molecule has 3 aliphatic carbocycles. The maximum Gasteiger partial charge on any atom is 0.307 e. The van der Waals surface area contributed by atoms with E-state index in [9.17, 15) is 14.3 Å². The van der Waals surface area contributed by atoms with Crippen molar-refractivity contribution < 1.29 is 18.7 Å². The van der Waals surface area contributed by atoms with E-state index in [1.807, 2.05) is 0 Å². The Morgan fingerprint density at radius 1 is 1.19 bits per heavy atom. The fourth-order valence-electron chi connectivity index (χ4n) is 6.22. The third kappa shape index (κ3) is 4.02. The number of carboxylic acid groups (broad SMARTS) is 1. The van der Waals surface area contributed by atoms with Crippen molar-refractivity contribution in [2.45, 2.75) is 38.8 Å². The van der Waals surface area contributed by atoms with Crippen LogP contribution in [0.15, 0.2) is 30.9 Å². The first-order chi connectivity index (χ1) is 17.9. The molecule has 0 aliphatic heterocycles. The number of nitrogens with zero attached hydrogens (tertiary/aromatic N) is 6. The van der Waals surface area contributed by atoms with Gasteiger partial charge in [-0.05, 0) is 55.9 Å². The summed E-state index contributed by atoms with van der Waals surface area (Å²) in [5, 5.41) is 14.6. The molecule has 2 unspecified atom stereocenters. The third-order valence-electron chi connectivity index (χ3n) is 7.89. The monoisotopic (exact) mass is 503 g/mol. The molecule has 0 amide bonds. The lowest BCUT2D eigenvalue weighted by molar-refractivity contribution is -0.152. The molecule has 0 radical (unpaired) electrons. The largest absolute Gasteiger partial charge is 0.481 e. The van der Waals surface area contributed by atoms with E-state index < -0.39 is 23.5 Å². The predicted molar refractivity (Wildman–Crippen MR) is 129 cm³/mol. The molecule has 4 aromatic rings. The van der Waals surface area contributed by atoms with Crippen molar-refractivity contribution in [3.63, 3.8) is 0 Å². The van der Waals surface area contributed by atoms with E-state index in [2.05, 4.69) is 29.9 Å². The van der Waals surface area contributed by atoms with E-state index >= 15 is 4.39 Å². The number of nitrogens with one attached hydrogen (secondary N) is 1. The van der Waals surface area contributed by atoms with Crippen molar-refractivity contribution in [3.8, 4) is 22.6 Å². The van der Waals surface area contributed by atoms with Gasteiger partial charge in [-0.2, -0.15) is 5.10 Å². The Morgan fingerprint density at radius 2 is 1.97 bits per heavy atom. The van der Waals surface area contributed by atoms with Gasteiger partial charge in [0.15, 0.2) is 11.6 Å². The molecule has 3 saturated carbocycles. The normalized spacial score (nSPS) is 22.8. The standard InChI is InChI=1S/C26H23F2N7O2/c1-29-12-35-11-15(8-32-35)23-22(28)20(7-17-13-2-4-14(5-3-13)21(17)26(36)37)33-25(34-23)19-10-31-24-18(19)6-16(27)9-30-24/h6,8-11,13-14,17,21H,2-5,7,12H2,(H,30,31)(H,36,37). The molecule has 7 rings (SSSR count). The second-order valence-electron chi connectivity index (χ2n) is 9.88. The fraction of sp³-hybridized carbons (Fsp3) is 0.385. The van der Waals surface area contributed by atoms with E-state index in [4.69, 9.17) is 6.57 Å². The highest BCUT2D eigenvalue weighted by molar-refractivity contribution is 5.91. The maximum atomic E-state index is 16.0. The lowest BCUT2D eigenvalue weighted by atomic mass is 9.57. The minimum absolute atomic E-state index is 0.00258. The molecular formula is C26H23F2N7O2. The van der Waals surface area contributed by atoms with Crippen molar-refractivity contribution in [2.75, 3.05) is 0 Å². The number of hydrogen-bond acceptors (Lipinski definition) is 5. The Labute approximate surface area is 210 Å². The molecule has 37 heavy (non-hydrogen) atoms. The Bertz CT molecular complexity index is 1550. The maximum absolute atomic E-state index is 16.0. The van der Waals surface area contributed by atoms with Crippen molar-refractivity contribution >= 4 is 17.0 Å². The summed E-state index contributed by atoms with van der Waals surface area (Å²) in [5.74, 6) is -2.32. The highest BCUT2D eigenvalue weighted by Crippen LogP contribution is 2.50. The SMILES string of the molecule is [C-]#[N+]Cn1cc(-c2nc(-c3c[nH]c4ncc(F)cc34)nc(CC3C4CCC(CC4)C3C(=O)O)c2F)cn1. The van der Waals surface area contributed by atoms with Crippen LogP contribution in [0.5, 0.6) is 0 Å². The first kappa shape index (κ1) is 23.2. The van der Waals surface area contributed by atoms with Crippen LogP contribution in [0, 0.1) is 41.9 Å². The number of hydrogen-bond donors (Lipinski definition) is 2. The van der Waals surface area contributed by atoms with Gasteiger partial charge in [0.2, 0.25) is 0 Å². The lowest BCUT2D eigenvalue weighted by Gasteiger charge is -2.46. The highest BCUT2D eigenvalue weighted by Gasteiger charge is 2.47. The Hall–Kier alpha value is -4.20. The Balaban J connectivity index is 1.49. The number of aromatic nitrogens is 6. The van der Waals surface area contributed by atoms with E-state index in [1.54, 1.807) is 6.20 Å². The van der Waals surface area contributed by atoms with Crippen LogP contribution in [0.25, 0.3) is 38.5 Å². The summed E-state index contributed by atoms with van der Waals surface area (Å²) in [6.45, 7) is 7.04. The molecule has 3 aliphatic rings. The summed E-state index contributed by atoms with van der Waals surface area (Å²) in [6, 6.07) is 1.31. The summed E-state index contributed by atoms with van der Waals surface area (Å²) < 4.78 is 31.4. The van der Waals surface area contributed by atoms with Crippen LogP contribution in [-0.2, 0) is 17.9 Å². The summed E-state index contributed by atoms with van der Waals surface area (Å²) >= 11 is 0. The van der Waals surface area contributed by atoms with Gasteiger partial charge in [0.05, 0.1) is 24.0 Å². The molecule has 2 atom stereocenters. The van der Waals surface area contributed by atoms with Gasteiger partial charge >= 0.3 is 12.6 Å². The van der Waals surface area contributed by atoms with Gasteiger partial charge < -0.3 is 10.1 Å². The molecular weight excluding hydrogens is 480 g/mol. The third-order valence-corrected chi connectivity index (χ3v) is 7.89. The number of carbonyl (C=O) groups is 1. The van der Waals surface area contributed by atoms with E-state index in [0.29, 0.717) is 22.2 Å². The zero-order valence-electron chi connectivity index (χ0n) is 19.7. The molecule has 3 fully saturated rings. The minimum Gasteiger partial charge on any atom is -0.481 e. The molecule has 0 saturated heterocycles. The predicted octanol–water partition coefficient (Wildman–Crippen LogP) is 4.72. The topological polar surface area (TPSA) is 114 Å². The van der Waals surface area contributed by atoms with E-state index in [0.717, 1.165) is 31.9 Å². The van der Waals surface area contributed by atoms with Crippen LogP contribution >= 0.6 is 0 Å². The van der Waals surface area contributed by atoms with E-state index in [1.165, 1.54) is 23.1 Å². The molecule has 2 bridgehead atoms. The smallest absolute Gasteiger partial charge is 0.307 e. The first-order valence-corrected chi connectivity index (χ1v) is 12.2. The number of carboxylic acids is 1. The number of fused-ring (bicyclic) bond motifs is 4. The van der Waals surface area contributed by atoms with Gasteiger partial charge in [0, 0.05) is 28.9 Å². The molecule has 0 aromatic carbocycles. The van der Waals surface area contributed by atoms with Crippen molar-refractivity contribution in [2.24, 2.45) is 23.7 Å². The average molecular weight is 504 g/mol. The second-order valence-corrected chi connectivity index (χ2v) is 9.88. The number of halogens is 2. The first-order valence-electron chi connectivity index (χ1n) is 12.2. The van der Waals surface area contributed by atoms with Gasteiger partial charge in [-0.3, -0.25) is 9.64 Å². The number of H-pyrrole nitrogens is 1. The molecule has 9 nitrogen and oxygen atoms in total. The fourth-order valence-corrected chi connectivity index (χ4v) is 6.22. The quantitative estimate of drug-likeness (QED) is 0.368. The van der Waals surface area contributed by atoms with Crippen LogP contribution in [-0.4, -0.2) is 40.8 Å². The molecule has 11 heteroatoms. The highest BCUT2D eigenvalue weighted by atomic mass is 19.1. The number of aliphatic carboxylic acids is 1. The molecule has 188 valence electrons. The van der Waals surface area contributed by atoms with Gasteiger partial charge in [-0.15, -0.1) is 0 Å². The van der Waals surface area contributed by atoms with Crippen molar-refractivity contribution in [1.82, 2.24) is 29.7 Å².